The van der Waals surface area contributed by atoms with Gasteiger partial charge in [-0.1, -0.05) is 12.1 Å². The predicted octanol–water partition coefficient (Wildman–Crippen LogP) is 3.48. The van der Waals surface area contributed by atoms with Crippen molar-refractivity contribution in [3.05, 3.63) is 56.8 Å². The molecule has 1 N–H and O–H groups in total. The first kappa shape index (κ1) is 21.8. The molecular formula is C20H21BrN4O4S. The van der Waals surface area contributed by atoms with Gasteiger partial charge in [-0.05, 0) is 34.1 Å². The normalized spacial score (nSPS) is 10.5. The maximum Gasteiger partial charge on any atom is 0.264 e. The number of benzene rings is 1. The number of hydrogen-bond acceptors (Lipinski definition) is 6. The van der Waals surface area contributed by atoms with E-state index < -0.39 is 0 Å². The van der Waals surface area contributed by atoms with Gasteiger partial charge < -0.3 is 19.7 Å². The van der Waals surface area contributed by atoms with Crippen molar-refractivity contribution in [2.45, 2.75) is 6.54 Å². The highest BCUT2D eigenvalue weighted by molar-refractivity contribution is 9.11. The number of rotatable bonds is 8. The standard InChI is InChI=1S/C20H21BrN4O4S/c1-24(20(27)15-7-8-16(21)30-15)12-18(26)23-17-9-10-22-25(17)11-13-5-4-6-14(28-2)19(13)29-3/h4-10H,11-12H2,1-3H3,(H,23,26). The van der Waals surface area contributed by atoms with Crippen molar-refractivity contribution in [3.63, 3.8) is 0 Å². The molecule has 0 radical (unpaired) electrons. The van der Waals surface area contributed by atoms with Gasteiger partial charge in [0.15, 0.2) is 11.5 Å². The Kier molecular flexibility index (Phi) is 7.11. The van der Waals surface area contributed by atoms with Gasteiger partial charge in [0.05, 0.1) is 42.2 Å². The van der Waals surface area contributed by atoms with Crippen LogP contribution in [0.15, 0.2) is 46.4 Å². The number of anilines is 1. The summed E-state index contributed by atoms with van der Waals surface area (Å²) in [5, 5.41) is 7.09. The second kappa shape index (κ2) is 9.77. The molecule has 0 bridgehead atoms. The molecule has 2 aromatic heterocycles. The van der Waals surface area contributed by atoms with Gasteiger partial charge in [-0.2, -0.15) is 5.10 Å². The summed E-state index contributed by atoms with van der Waals surface area (Å²) in [4.78, 5) is 26.9. The number of carbonyl (C=O) groups is 2. The largest absolute Gasteiger partial charge is 0.493 e. The van der Waals surface area contributed by atoms with E-state index in [0.29, 0.717) is 28.7 Å². The van der Waals surface area contributed by atoms with Gasteiger partial charge >= 0.3 is 0 Å². The van der Waals surface area contributed by atoms with Crippen molar-refractivity contribution in [2.75, 3.05) is 33.1 Å². The van der Waals surface area contributed by atoms with Gasteiger partial charge in [0.2, 0.25) is 5.91 Å². The van der Waals surface area contributed by atoms with Crippen molar-refractivity contribution in [1.29, 1.82) is 0 Å². The molecule has 3 rings (SSSR count). The maximum absolute atomic E-state index is 12.5. The van der Waals surface area contributed by atoms with Crippen LogP contribution in [0.3, 0.4) is 0 Å². The molecule has 1 aromatic carbocycles. The van der Waals surface area contributed by atoms with Crippen molar-refractivity contribution >= 4 is 44.9 Å². The molecule has 8 nitrogen and oxygen atoms in total. The predicted molar refractivity (Wildman–Crippen MR) is 118 cm³/mol. The number of nitrogens with zero attached hydrogens (tertiary/aromatic N) is 3. The lowest BCUT2D eigenvalue weighted by molar-refractivity contribution is -0.116. The minimum Gasteiger partial charge on any atom is -0.493 e. The molecule has 0 aliphatic rings. The van der Waals surface area contributed by atoms with Crippen LogP contribution in [-0.4, -0.2) is 54.3 Å². The number of para-hydroxylation sites is 1. The van der Waals surface area contributed by atoms with Crippen LogP contribution in [0, 0.1) is 0 Å². The van der Waals surface area contributed by atoms with E-state index in [4.69, 9.17) is 9.47 Å². The Bertz CT molecular complexity index is 1050. The fraction of sp³-hybridized carbons (Fsp3) is 0.250. The van der Waals surface area contributed by atoms with Crippen LogP contribution in [0.4, 0.5) is 5.82 Å². The third kappa shape index (κ3) is 5.00. The van der Waals surface area contributed by atoms with Crippen LogP contribution in [0.2, 0.25) is 0 Å². The van der Waals surface area contributed by atoms with Crippen LogP contribution >= 0.6 is 27.3 Å². The second-order valence-corrected chi connectivity index (χ2v) is 8.80. The third-order valence-electron chi connectivity index (χ3n) is 4.30. The zero-order valence-corrected chi connectivity index (χ0v) is 19.1. The molecule has 0 saturated carbocycles. The summed E-state index contributed by atoms with van der Waals surface area (Å²) in [5.41, 5.74) is 0.853. The fourth-order valence-electron chi connectivity index (χ4n) is 2.89. The SMILES string of the molecule is COc1cccc(Cn2nccc2NC(=O)CN(C)C(=O)c2ccc(Br)s2)c1OC. The number of methoxy groups -OCH3 is 2. The van der Waals surface area contributed by atoms with E-state index >= 15 is 0 Å². The number of hydrogen-bond donors (Lipinski definition) is 1. The van der Waals surface area contributed by atoms with Gasteiger partial charge in [-0.15, -0.1) is 11.3 Å². The number of thiophene rings is 1. The maximum atomic E-state index is 12.5. The number of amides is 2. The Balaban J connectivity index is 1.67. The average molecular weight is 493 g/mol. The quantitative estimate of drug-likeness (QED) is 0.520. The number of ether oxygens (including phenoxy) is 2. The molecule has 0 spiro atoms. The highest BCUT2D eigenvalue weighted by atomic mass is 79.9. The molecular weight excluding hydrogens is 472 g/mol. The summed E-state index contributed by atoms with van der Waals surface area (Å²) < 4.78 is 13.3. The van der Waals surface area contributed by atoms with Crippen LogP contribution in [0.25, 0.3) is 0 Å². The molecule has 2 heterocycles. The highest BCUT2D eigenvalue weighted by Gasteiger charge is 2.18. The van der Waals surface area contributed by atoms with Crippen LogP contribution < -0.4 is 14.8 Å². The lowest BCUT2D eigenvalue weighted by Gasteiger charge is -2.17. The lowest BCUT2D eigenvalue weighted by Crippen LogP contribution is -2.35. The average Bonchev–Trinajstić information content (AvgIpc) is 3.35. The number of nitrogens with one attached hydrogen (secondary N) is 1. The van der Waals surface area contributed by atoms with E-state index in [0.717, 1.165) is 9.35 Å². The zero-order valence-electron chi connectivity index (χ0n) is 16.7. The summed E-state index contributed by atoms with van der Waals surface area (Å²) >= 11 is 4.66. The monoisotopic (exact) mass is 492 g/mol. The van der Waals surface area contributed by atoms with E-state index in [1.807, 2.05) is 18.2 Å². The molecule has 30 heavy (non-hydrogen) atoms. The van der Waals surface area contributed by atoms with Crippen LogP contribution in [-0.2, 0) is 11.3 Å². The highest BCUT2D eigenvalue weighted by Crippen LogP contribution is 2.31. The van der Waals surface area contributed by atoms with E-state index in [1.54, 1.807) is 50.3 Å². The Morgan fingerprint density at radius 2 is 2.00 bits per heavy atom. The second-order valence-electron chi connectivity index (χ2n) is 6.34. The molecule has 0 aliphatic heterocycles. The molecule has 0 fully saturated rings. The van der Waals surface area contributed by atoms with Crippen LogP contribution in [0.5, 0.6) is 11.5 Å². The van der Waals surface area contributed by atoms with E-state index in [1.165, 1.54) is 16.2 Å². The van der Waals surface area contributed by atoms with Gasteiger partial charge in [-0.25, -0.2) is 4.68 Å². The minimum absolute atomic E-state index is 0.0813. The van der Waals surface area contributed by atoms with Gasteiger partial charge in [0, 0.05) is 18.7 Å². The first-order chi connectivity index (χ1) is 14.4. The molecule has 0 atom stereocenters. The summed E-state index contributed by atoms with van der Waals surface area (Å²) in [6.07, 6.45) is 1.60. The Morgan fingerprint density at radius 1 is 1.20 bits per heavy atom. The molecule has 0 unspecified atom stereocenters. The van der Waals surface area contributed by atoms with Gasteiger partial charge in [0.25, 0.3) is 5.91 Å². The lowest BCUT2D eigenvalue weighted by atomic mass is 10.2. The van der Waals surface area contributed by atoms with Gasteiger partial charge in [-0.3, -0.25) is 9.59 Å². The Morgan fingerprint density at radius 3 is 2.67 bits per heavy atom. The molecule has 0 aliphatic carbocycles. The van der Waals surface area contributed by atoms with E-state index in [-0.39, 0.29) is 18.4 Å². The number of aromatic nitrogens is 2. The fourth-order valence-corrected chi connectivity index (χ4v) is 4.27. The summed E-state index contributed by atoms with van der Waals surface area (Å²) in [7, 11) is 4.74. The van der Waals surface area contributed by atoms with Crippen LogP contribution in [0.1, 0.15) is 15.2 Å². The number of carbonyl (C=O) groups excluding carboxylic acids is 2. The molecule has 3 aromatic rings. The number of halogens is 1. The first-order valence-corrected chi connectivity index (χ1v) is 10.6. The molecule has 0 saturated heterocycles. The molecule has 2 amide bonds. The van der Waals surface area contributed by atoms with Crippen molar-refractivity contribution in [1.82, 2.24) is 14.7 Å². The van der Waals surface area contributed by atoms with Crippen molar-refractivity contribution in [3.8, 4) is 11.5 Å². The first-order valence-electron chi connectivity index (χ1n) is 8.95. The van der Waals surface area contributed by atoms with E-state index in [2.05, 4.69) is 26.3 Å². The van der Waals surface area contributed by atoms with E-state index in [9.17, 15) is 9.59 Å². The van der Waals surface area contributed by atoms with Crippen molar-refractivity contribution < 1.29 is 19.1 Å². The van der Waals surface area contributed by atoms with Gasteiger partial charge in [0.1, 0.15) is 5.82 Å². The molecule has 10 heteroatoms. The van der Waals surface area contributed by atoms with Crippen molar-refractivity contribution in [2.24, 2.45) is 0 Å². The zero-order chi connectivity index (χ0) is 21.7. The summed E-state index contributed by atoms with van der Waals surface area (Å²) in [5.74, 6) is 1.22. The smallest absolute Gasteiger partial charge is 0.264 e. The Hall–Kier alpha value is -2.85. The number of likely N-dealkylation sites (N-methyl/N-ethyl adjacent to an activating group) is 1. The minimum atomic E-state index is -0.319. The third-order valence-corrected chi connectivity index (χ3v) is 5.91. The Labute approximate surface area is 186 Å². The topological polar surface area (TPSA) is 85.7 Å². The molecule has 158 valence electrons. The summed E-state index contributed by atoms with van der Waals surface area (Å²) in [6, 6.07) is 10.8. The summed E-state index contributed by atoms with van der Waals surface area (Å²) in [6.45, 7) is 0.295.